The maximum absolute atomic E-state index is 13.9. The number of rotatable bonds is 2. The third kappa shape index (κ3) is 3.41. The Kier molecular flexibility index (Phi) is 4.73. The van der Waals surface area contributed by atoms with Crippen molar-refractivity contribution in [3.05, 3.63) is 54.3 Å². The van der Waals surface area contributed by atoms with Gasteiger partial charge in [0.05, 0.1) is 5.69 Å². The van der Waals surface area contributed by atoms with E-state index >= 15 is 0 Å². The number of nitrogens with one attached hydrogen (secondary N) is 2. The largest absolute Gasteiger partial charge is 0.341 e. The molecule has 5 nitrogen and oxygen atoms in total. The summed E-state index contributed by atoms with van der Waals surface area (Å²) in [6.07, 6.45) is 0. The molecular weight excluding hydrogens is 285 g/mol. The molecule has 22 heavy (non-hydrogen) atoms. The molecule has 0 aliphatic heterocycles. The van der Waals surface area contributed by atoms with Crippen molar-refractivity contribution in [1.82, 2.24) is 10.2 Å². The zero-order chi connectivity index (χ0) is 16.1. The Hall–Kier alpha value is -2.89. The van der Waals surface area contributed by atoms with Crippen LogP contribution in [0.1, 0.15) is 0 Å². The average Bonchev–Trinajstić information content (AvgIpc) is 2.56. The van der Waals surface area contributed by atoms with Crippen molar-refractivity contribution in [2.24, 2.45) is 0 Å². The third-order valence-electron chi connectivity index (χ3n) is 3.14. The molecule has 0 saturated carbocycles. The van der Waals surface area contributed by atoms with E-state index in [2.05, 4.69) is 10.6 Å². The van der Waals surface area contributed by atoms with Crippen LogP contribution in [0.25, 0.3) is 11.1 Å². The summed E-state index contributed by atoms with van der Waals surface area (Å²) in [5.74, 6) is -0.571. The van der Waals surface area contributed by atoms with Gasteiger partial charge in [-0.25, -0.2) is 18.9 Å². The smallest absolute Gasteiger partial charge is 0.329 e. The molecule has 0 heterocycles. The van der Waals surface area contributed by atoms with Crippen LogP contribution < -0.4 is 10.6 Å². The van der Waals surface area contributed by atoms with Crippen LogP contribution >= 0.6 is 0 Å². The van der Waals surface area contributed by atoms with Gasteiger partial charge in [0.15, 0.2) is 0 Å². The van der Waals surface area contributed by atoms with Crippen LogP contribution in [-0.2, 0) is 0 Å². The summed E-state index contributed by atoms with van der Waals surface area (Å²) in [7, 11) is 2.70. The van der Waals surface area contributed by atoms with Gasteiger partial charge in [0, 0.05) is 14.1 Å². The number of urea groups is 2. The molecule has 2 aromatic rings. The zero-order valence-corrected chi connectivity index (χ0v) is 12.3. The number of nitrogens with zero attached hydrogens (tertiary/aromatic N) is 1. The van der Waals surface area contributed by atoms with E-state index in [1.54, 1.807) is 6.07 Å². The molecular formula is C16H16FN3O2. The molecule has 2 aromatic carbocycles. The minimum absolute atomic E-state index is 0.0158. The normalized spacial score (nSPS) is 9.95. The number of imide groups is 1. The minimum Gasteiger partial charge on any atom is -0.341 e. The van der Waals surface area contributed by atoms with E-state index in [4.69, 9.17) is 0 Å². The first-order valence-corrected chi connectivity index (χ1v) is 6.64. The first kappa shape index (κ1) is 15.5. The quantitative estimate of drug-likeness (QED) is 0.894. The second kappa shape index (κ2) is 6.71. The Bertz CT molecular complexity index is 689. The van der Waals surface area contributed by atoms with Crippen LogP contribution in [0.5, 0.6) is 0 Å². The van der Waals surface area contributed by atoms with E-state index in [9.17, 15) is 14.0 Å². The highest BCUT2D eigenvalue weighted by atomic mass is 19.1. The standard InChI is InChI=1S/C16H16FN3O2/c1-18-15(21)20(2)16(22)19-14-10-12(8-9-13(14)17)11-6-4-3-5-7-11/h3-10H,1-2H3,(H,18,21)(H,19,22). The number of amides is 4. The van der Waals surface area contributed by atoms with E-state index in [0.29, 0.717) is 0 Å². The first-order chi connectivity index (χ1) is 10.5. The molecule has 0 radical (unpaired) electrons. The molecule has 0 bridgehead atoms. The molecule has 2 rings (SSSR count). The fourth-order valence-corrected chi connectivity index (χ4v) is 1.89. The van der Waals surface area contributed by atoms with E-state index in [1.807, 2.05) is 30.3 Å². The monoisotopic (exact) mass is 301 g/mol. The van der Waals surface area contributed by atoms with Crippen LogP contribution in [0.2, 0.25) is 0 Å². The summed E-state index contributed by atoms with van der Waals surface area (Å²) in [6.45, 7) is 0. The molecule has 0 saturated heterocycles. The Morgan fingerprint density at radius 3 is 2.32 bits per heavy atom. The van der Waals surface area contributed by atoms with Gasteiger partial charge in [-0.1, -0.05) is 36.4 Å². The van der Waals surface area contributed by atoms with E-state index in [1.165, 1.54) is 26.2 Å². The molecule has 0 spiro atoms. The van der Waals surface area contributed by atoms with Gasteiger partial charge in [-0.15, -0.1) is 0 Å². The molecule has 2 N–H and O–H groups in total. The van der Waals surface area contributed by atoms with E-state index in [-0.39, 0.29) is 5.69 Å². The van der Waals surface area contributed by atoms with Crippen LogP contribution in [0.4, 0.5) is 19.7 Å². The van der Waals surface area contributed by atoms with Crippen molar-refractivity contribution < 1.29 is 14.0 Å². The van der Waals surface area contributed by atoms with Crippen molar-refractivity contribution in [2.45, 2.75) is 0 Å². The lowest BCUT2D eigenvalue weighted by Crippen LogP contribution is -2.41. The summed E-state index contributed by atoms with van der Waals surface area (Å²) in [4.78, 5) is 24.1. The Labute approximate surface area is 127 Å². The summed E-state index contributed by atoms with van der Waals surface area (Å²) < 4.78 is 13.9. The molecule has 0 aliphatic rings. The van der Waals surface area contributed by atoms with Gasteiger partial charge in [0.1, 0.15) is 5.82 Å². The van der Waals surface area contributed by atoms with Gasteiger partial charge in [0.25, 0.3) is 0 Å². The lowest BCUT2D eigenvalue weighted by atomic mass is 10.1. The molecule has 0 unspecified atom stereocenters. The Balaban J connectivity index is 2.24. The number of carbonyl (C=O) groups is 2. The van der Waals surface area contributed by atoms with Crippen molar-refractivity contribution in [1.29, 1.82) is 0 Å². The van der Waals surface area contributed by atoms with Crippen molar-refractivity contribution >= 4 is 17.7 Å². The highest BCUT2D eigenvalue weighted by Gasteiger charge is 2.17. The SMILES string of the molecule is CNC(=O)N(C)C(=O)Nc1cc(-c2ccccc2)ccc1F. The van der Waals surface area contributed by atoms with Crippen LogP contribution in [0.15, 0.2) is 48.5 Å². The lowest BCUT2D eigenvalue weighted by molar-refractivity contribution is 0.203. The topological polar surface area (TPSA) is 61.4 Å². The predicted molar refractivity (Wildman–Crippen MR) is 83.1 cm³/mol. The Morgan fingerprint density at radius 2 is 1.68 bits per heavy atom. The predicted octanol–water partition coefficient (Wildman–Crippen LogP) is 3.30. The fraction of sp³-hybridized carbons (Fsp3) is 0.125. The fourth-order valence-electron chi connectivity index (χ4n) is 1.89. The molecule has 0 aromatic heterocycles. The summed E-state index contributed by atoms with van der Waals surface area (Å²) in [5.41, 5.74) is 1.68. The third-order valence-corrected chi connectivity index (χ3v) is 3.14. The second-order valence-electron chi connectivity index (χ2n) is 4.60. The summed E-state index contributed by atoms with van der Waals surface area (Å²) in [5, 5.41) is 4.70. The molecule has 4 amide bonds. The van der Waals surface area contributed by atoms with Gasteiger partial charge in [0.2, 0.25) is 0 Å². The number of carbonyl (C=O) groups excluding carboxylic acids is 2. The number of anilines is 1. The molecule has 114 valence electrons. The van der Waals surface area contributed by atoms with Crippen LogP contribution in [-0.4, -0.2) is 31.1 Å². The summed E-state index contributed by atoms with van der Waals surface area (Å²) in [6, 6.07) is 12.5. The van der Waals surface area contributed by atoms with Gasteiger partial charge >= 0.3 is 12.1 Å². The van der Waals surface area contributed by atoms with Gasteiger partial charge in [-0.05, 0) is 23.3 Å². The maximum Gasteiger partial charge on any atom is 0.329 e. The van der Waals surface area contributed by atoms with Crippen LogP contribution in [0.3, 0.4) is 0 Å². The Morgan fingerprint density at radius 1 is 1.00 bits per heavy atom. The maximum atomic E-state index is 13.9. The average molecular weight is 301 g/mol. The van der Waals surface area contributed by atoms with Crippen molar-refractivity contribution in [3.63, 3.8) is 0 Å². The molecule has 0 aliphatic carbocycles. The zero-order valence-electron chi connectivity index (χ0n) is 12.3. The number of hydrogen-bond donors (Lipinski definition) is 2. The molecule has 6 heteroatoms. The number of benzene rings is 2. The van der Waals surface area contributed by atoms with Gasteiger partial charge in [-0.2, -0.15) is 0 Å². The first-order valence-electron chi connectivity index (χ1n) is 6.64. The molecule has 0 fully saturated rings. The van der Waals surface area contributed by atoms with E-state index in [0.717, 1.165) is 16.0 Å². The highest BCUT2D eigenvalue weighted by molar-refractivity contribution is 6.00. The minimum atomic E-state index is -0.719. The van der Waals surface area contributed by atoms with Gasteiger partial charge in [-0.3, -0.25) is 0 Å². The van der Waals surface area contributed by atoms with Crippen molar-refractivity contribution in [2.75, 3.05) is 19.4 Å². The number of halogens is 1. The van der Waals surface area contributed by atoms with Crippen molar-refractivity contribution in [3.8, 4) is 11.1 Å². The molecule has 0 atom stereocenters. The highest BCUT2D eigenvalue weighted by Crippen LogP contribution is 2.25. The van der Waals surface area contributed by atoms with E-state index < -0.39 is 17.9 Å². The lowest BCUT2D eigenvalue weighted by Gasteiger charge is -2.16. The number of hydrogen-bond acceptors (Lipinski definition) is 2. The second-order valence-corrected chi connectivity index (χ2v) is 4.60. The van der Waals surface area contributed by atoms with Gasteiger partial charge < -0.3 is 10.6 Å². The summed E-state index contributed by atoms with van der Waals surface area (Å²) >= 11 is 0. The van der Waals surface area contributed by atoms with Crippen LogP contribution in [0, 0.1) is 5.82 Å².